The lowest BCUT2D eigenvalue weighted by molar-refractivity contribution is 0.0688. The molecule has 25 heavy (non-hydrogen) atoms. The van der Waals surface area contributed by atoms with Crippen LogP contribution < -0.4 is 0 Å². The summed E-state index contributed by atoms with van der Waals surface area (Å²) >= 11 is 0. The van der Waals surface area contributed by atoms with Crippen LogP contribution in [0.3, 0.4) is 0 Å². The van der Waals surface area contributed by atoms with Crippen LogP contribution in [0.5, 0.6) is 0 Å². The lowest BCUT2D eigenvalue weighted by Crippen LogP contribution is -2.20. The van der Waals surface area contributed by atoms with Crippen LogP contribution in [0, 0.1) is 0 Å². The normalized spacial score (nSPS) is 12.4. The van der Waals surface area contributed by atoms with Gasteiger partial charge in [-0.2, -0.15) is 25.3 Å². The van der Waals surface area contributed by atoms with E-state index in [1.165, 1.54) is 0 Å². The lowest BCUT2D eigenvalue weighted by Gasteiger charge is -2.12. The van der Waals surface area contributed by atoms with Gasteiger partial charge in [0.25, 0.3) is 10.1 Å². The molecule has 0 saturated heterocycles. The minimum absolute atomic E-state index is 0.118. The fourth-order valence-electron chi connectivity index (χ4n) is 1.60. The van der Waals surface area contributed by atoms with Crippen molar-refractivity contribution in [3.63, 3.8) is 0 Å². The van der Waals surface area contributed by atoms with Gasteiger partial charge in [-0.1, -0.05) is 6.58 Å². The van der Waals surface area contributed by atoms with Crippen LogP contribution in [0.2, 0.25) is 0 Å². The maximum atomic E-state index is 12.0. The maximum Gasteiger partial charge on any atom is 0.463 e. The first kappa shape index (κ1) is 20.7. The number of carboxylic acids is 1. The highest BCUT2D eigenvalue weighted by atomic mass is 32.3. The summed E-state index contributed by atoms with van der Waals surface area (Å²) in [6, 6.07) is 0.931. The first-order valence-corrected chi connectivity index (χ1v) is 9.78. The first-order valence-electron chi connectivity index (χ1n) is 5.60. The highest BCUT2D eigenvalue weighted by molar-refractivity contribution is 7.98. The van der Waals surface area contributed by atoms with Gasteiger partial charge in [0, 0.05) is 5.56 Å². The molecule has 0 unspecified atom stereocenters. The van der Waals surface area contributed by atoms with Crippen molar-refractivity contribution in [1.29, 1.82) is 0 Å². The van der Waals surface area contributed by atoms with E-state index in [1.54, 1.807) is 0 Å². The number of benzene rings is 1. The summed E-state index contributed by atoms with van der Waals surface area (Å²) in [5, 5.41) is 9.02. The average molecular weight is 416 g/mol. The molecule has 0 amide bonds. The van der Waals surface area contributed by atoms with E-state index in [9.17, 15) is 34.8 Å². The van der Waals surface area contributed by atoms with Gasteiger partial charge >= 0.3 is 26.5 Å². The largest absolute Gasteiger partial charge is 0.478 e. The molecule has 0 aliphatic rings. The minimum Gasteiger partial charge on any atom is -0.478 e. The zero-order valence-electron chi connectivity index (χ0n) is 11.7. The van der Waals surface area contributed by atoms with Gasteiger partial charge in [0.2, 0.25) is 0 Å². The Morgan fingerprint density at radius 3 is 2.08 bits per heavy atom. The van der Waals surface area contributed by atoms with Gasteiger partial charge in [0.1, 0.15) is 16.1 Å². The van der Waals surface area contributed by atoms with E-state index in [0.717, 1.165) is 0 Å². The quantitative estimate of drug-likeness (QED) is 0.315. The van der Waals surface area contributed by atoms with Crippen molar-refractivity contribution in [2.45, 2.75) is 9.79 Å². The van der Waals surface area contributed by atoms with Crippen molar-refractivity contribution in [1.82, 2.24) is 0 Å². The van der Waals surface area contributed by atoms with Crippen LogP contribution >= 0.6 is 0 Å². The van der Waals surface area contributed by atoms with Gasteiger partial charge in [0.15, 0.2) is 6.29 Å². The van der Waals surface area contributed by atoms with E-state index in [-0.39, 0.29) is 12.5 Å². The van der Waals surface area contributed by atoms with Crippen molar-refractivity contribution < 1.29 is 52.3 Å². The molecule has 0 fully saturated rings. The standard InChI is InChI=1S/C10H8O12S3/c1-2-21-25(19,20)22-24(17,18)7-4-3-6(5-11)8(10(12)13)9(7)23(14,15)16/h2-5H,1H2,(H,12,13)(H,14,15,16). The number of hydrogen-bond donors (Lipinski definition) is 2. The van der Waals surface area contributed by atoms with E-state index in [1.807, 2.05) is 0 Å². The molecule has 138 valence electrons. The molecule has 0 spiro atoms. The molecule has 0 saturated carbocycles. The Hall–Kier alpha value is -2.33. The van der Waals surface area contributed by atoms with Gasteiger partial charge < -0.3 is 9.29 Å². The number of hydrogen-bond acceptors (Lipinski definition) is 10. The third-order valence-electron chi connectivity index (χ3n) is 2.38. The van der Waals surface area contributed by atoms with Gasteiger partial charge in [-0.3, -0.25) is 9.35 Å². The molecule has 0 atom stereocenters. The van der Waals surface area contributed by atoms with Gasteiger partial charge in [-0.25, -0.2) is 4.79 Å². The minimum atomic E-state index is -5.55. The second-order valence-electron chi connectivity index (χ2n) is 3.95. The van der Waals surface area contributed by atoms with E-state index in [4.69, 9.17) is 9.66 Å². The molecule has 0 aromatic heterocycles. The summed E-state index contributed by atoms with van der Waals surface area (Å²) in [7, 11) is -16.3. The molecular formula is C10H8O12S3. The molecule has 0 aliphatic heterocycles. The number of rotatable bonds is 8. The number of aldehydes is 1. The van der Waals surface area contributed by atoms with Crippen LogP contribution in [0.1, 0.15) is 20.7 Å². The molecule has 0 heterocycles. The van der Waals surface area contributed by atoms with Crippen LogP contribution in [0.15, 0.2) is 34.8 Å². The summed E-state index contributed by atoms with van der Waals surface area (Å²) < 4.78 is 86.0. The second-order valence-corrected chi connectivity index (χ2v) is 8.21. The highest BCUT2D eigenvalue weighted by Gasteiger charge is 2.36. The van der Waals surface area contributed by atoms with Crippen molar-refractivity contribution in [3.05, 3.63) is 36.1 Å². The van der Waals surface area contributed by atoms with Crippen molar-refractivity contribution in [2.75, 3.05) is 0 Å². The summed E-state index contributed by atoms with van der Waals surface area (Å²) in [5.41, 5.74) is -2.20. The smallest absolute Gasteiger partial charge is 0.463 e. The highest BCUT2D eigenvalue weighted by Crippen LogP contribution is 2.29. The zero-order chi connectivity index (χ0) is 19.6. The topological polar surface area (TPSA) is 195 Å². The molecule has 1 rings (SSSR count). The third kappa shape index (κ3) is 4.60. The Labute approximate surface area is 141 Å². The van der Waals surface area contributed by atoms with Crippen LogP contribution in [-0.2, 0) is 38.4 Å². The Bertz CT molecular complexity index is 1050. The lowest BCUT2D eigenvalue weighted by atomic mass is 10.1. The predicted molar refractivity (Wildman–Crippen MR) is 77.1 cm³/mol. The van der Waals surface area contributed by atoms with Crippen LogP contribution in [0.25, 0.3) is 0 Å². The molecular weight excluding hydrogens is 408 g/mol. The number of carbonyl (C=O) groups excluding carboxylic acids is 1. The number of carbonyl (C=O) groups is 2. The van der Waals surface area contributed by atoms with E-state index < -0.39 is 57.5 Å². The molecule has 12 nitrogen and oxygen atoms in total. The van der Waals surface area contributed by atoms with Gasteiger partial charge in [-0.05, 0) is 12.1 Å². The Morgan fingerprint density at radius 2 is 1.68 bits per heavy atom. The third-order valence-corrected chi connectivity index (χ3v) is 6.08. The van der Waals surface area contributed by atoms with E-state index in [2.05, 4.69) is 14.4 Å². The second kappa shape index (κ2) is 6.89. The summed E-state index contributed by atoms with van der Waals surface area (Å²) in [4.78, 5) is 18.7. The molecule has 1 aromatic rings. The number of carboxylic acid groups (broad SMARTS) is 1. The summed E-state index contributed by atoms with van der Waals surface area (Å²) in [6.45, 7) is 2.84. The molecule has 0 bridgehead atoms. The molecule has 15 heteroatoms. The van der Waals surface area contributed by atoms with Crippen LogP contribution in [0.4, 0.5) is 0 Å². The molecule has 1 aromatic carbocycles. The Balaban J connectivity index is 3.89. The van der Waals surface area contributed by atoms with Gasteiger partial charge in [-0.15, -0.1) is 3.63 Å². The SMILES string of the molecule is C=COS(=O)(=O)OS(=O)(=O)c1ccc(C=O)c(C(=O)O)c1S(=O)(=O)O. The van der Waals surface area contributed by atoms with E-state index >= 15 is 0 Å². The Kier molecular flexibility index (Phi) is 5.70. The first-order chi connectivity index (χ1) is 11.3. The summed E-state index contributed by atoms with van der Waals surface area (Å²) in [6.07, 6.45) is 0.166. The maximum absolute atomic E-state index is 12.0. The van der Waals surface area contributed by atoms with E-state index in [0.29, 0.717) is 12.1 Å². The van der Waals surface area contributed by atoms with Crippen molar-refractivity contribution in [3.8, 4) is 0 Å². The fourth-order valence-corrected chi connectivity index (χ4v) is 5.03. The van der Waals surface area contributed by atoms with Crippen molar-refractivity contribution in [2.24, 2.45) is 0 Å². The Morgan fingerprint density at radius 1 is 1.12 bits per heavy atom. The molecule has 0 radical (unpaired) electrons. The number of aromatic carboxylic acids is 1. The predicted octanol–water partition coefficient (Wildman–Crippen LogP) is -0.446. The summed E-state index contributed by atoms with van der Waals surface area (Å²) in [5.74, 6) is -2.09. The molecule has 2 N–H and O–H groups in total. The monoisotopic (exact) mass is 416 g/mol. The van der Waals surface area contributed by atoms with Crippen LogP contribution in [-0.4, -0.2) is 47.2 Å². The zero-order valence-corrected chi connectivity index (χ0v) is 14.2. The van der Waals surface area contributed by atoms with Gasteiger partial charge in [0.05, 0.1) is 5.56 Å². The average Bonchev–Trinajstić information content (AvgIpc) is 2.43. The molecule has 0 aliphatic carbocycles. The fraction of sp³-hybridized carbons (Fsp3) is 0. The van der Waals surface area contributed by atoms with Crippen molar-refractivity contribution >= 4 is 42.9 Å².